The van der Waals surface area contributed by atoms with E-state index in [0.717, 1.165) is 18.2 Å². The Bertz CT molecular complexity index is 671. The van der Waals surface area contributed by atoms with E-state index in [1.807, 2.05) is 0 Å². The van der Waals surface area contributed by atoms with Gasteiger partial charge in [-0.05, 0) is 61.8 Å². The SMILES string of the molecule is CC(C)(NS(=O)(=O)c1ccc(F)cc1Br)C(C)(C)C(=O)O. The molecule has 0 atom stereocenters. The molecule has 5 nitrogen and oxygen atoms in total. The molecule has 0 radical (unpaired) electrons. The molecule has 8 heteroatoms. The number of carbonyl (C=O) groups is 1. The van der Waals surface area contributed by atoms with Crippen molar-refractivity contribution < 1.29 is 22.7 Å². The van der Waals surface area contributed by atoms with Gasteiger partial charge in [0.05, 0.1) is 10.3 Å². The predicted octanol–water partition coefficient (Wildman–Crippen LogP) is 2.76. The summed E-state index contributed by atoms with van der Waals surface area (Å²) in [7, 11) is -4.01. The Kier molecular flexibility index (Phi) is 4.87. The van der Waals surface area contributed by atoms with Gasteiger partial charge in [0.25, 0.3) is 0 Å². The maximum atomic E-state index is 13.0. The van der Waals surface area contributed by atoms with Crippen molar-refractivity contribution in [3.63, 3.8) is 0 Å². The highest BCUT2D eigenvalue weighted by Gasteiger charge is 2.46. The quantitative estimate of drug-likeness (QED) is 0.821. The van der Waals surface area contributed by atoms with Gasteiger partial charge in [-0.3, -0.25) is 4.79 Å². The van der Waals surface area contributed by atoms with Crippen molar-refractivity contribution in [1.29, 1.82) is 0 Å². The zero-order chi connectivity index (χ0) is 16.6. The fourth-order valence-electron chi connectivity index (χ4n) is 1.48. The molecular formula is C13H17BrFNO4S. The van der Waals surface area contributed by atoms with Crippen LogP contribution in [0.2, 0.25) is 0 Å². The van der Waals surface area contributed by atoms with E-state index < -0.39 is 32.8 Å². The van der Waals surface area contributed by atoms with Crippen LogP contribution in [0.1, 0.15) is 27.7 Å². The number of carboxylic acids is 1. The van der Waals surface area contributed by atoms with E-state index in [4.69, 9.17) is 0 Å². The monoisotopic (exact) mass is 381 g/mol. The first-order chi connectivity index (χ1) is 9.31. The highest BCUT2D eigenvalue weighted by Crippen LogP contribution is 2.33. The molecule has 1 aromatic rings. The molecule has 118 valence electrons. The third-order valence-electron chi connectivity index (χ3n) is 3.67. The number of carboxylic acid groups (broad SMARTS) is 1. The lowest BCUT2D eigenvalue weighted by Gasteiger charge is -2.38. The minimum atomic E-state index is -4.01. The summed E-state index contributed by atoms with van der Waals surface area (Å²) in [5.41, 5.74) is -2.60. The molecule has 1 aromatic carbocycles. The summed E-state index contributed by atoms with van der Waals surface area (Å²) in [6, 6.07) is 3.17. The summed E-state index contributed by atoms with van der Waals surface area (Å²) in [5, 5.41) is 9.24. The predicted molar refractivity (Wildman–Crippen MR) is 79.9 cm³/mol. The number of hydrogen-bond acceptors (Lipinski definition) is 3. The summed E-state index contributed by atoms with van der Waals surface area (Å²) < 4.78 is 40.3. The number of rotatable bonds is 5. The smallest absolute Gasteiger partial charge is 0.310 e. The third-order valence-corrected chi connectivity index (χ3v) is 6.30. The third kappa shape index (κ3) is 3.61. The van der Waals surface area contributed by atoms with Crippen LogP contribution >= 0.6 is 15.9 Å². The maximum absolute atomic E-state index is 13.0. The summed E-state index contributed by atoms with van der Waals surface area (Å²) in [5.74, 6) is -1.71. The lowest BCUT2D eigenvalue weighted by atomic mass is 9.75. The molecule has 0 unspecified atom stereocenters. The lowest BCUT2D eigenvalue weighted by molar-refractivity contribution is -0.150. The molecule has 0 saturated carbocycles. The van der Waals surface area contributed by atoms with Gasteiger partial charge in [-0.25, -0.2) is 17.5 Å². The molecule has 0 amide bonds. The Morgan fingerprint density at radius 1 is 1.29 bits per heavy atom. The Morgan fingerprint density at radius 2 is 1.81 bits per heavy atom. The lowest BCUT2D eigenvalue weighted by Crippen LogP contribution is -2.56. The Morgan fingerprint density at radius 3 is 2.24 bits per heavy atom. The maximum Gasteiger partial charge on any atom is 0.310 e. The van der Waals surface area contributed by atoms with Gasteiger partial charge in [-0.2, -0.15) is 0 Å². The van der Waals surface area contributed by atoms with Gasteiger partial charge in [0.15, 0.2) is 0 Å². The van der Waals surface area contributed by atoms with E-state index in [9.17, 15) is 22.7 Å². The summed E-state index contributed by atoms with van der Waals surface area (Å²) in [4.78, 5) is 11.2. The molecule has 1 rings (SSSR count). The molecule has 0 aliphatic heterocycles. The highest BCUT2D eigenvalue weighted by molar-refractivity contribution is 9.10. The molecular weight excluding hydrogens is 365 g/mol. The fourth-order valence-corrected chi connectivity index (χ4v) is 4.07. The van der Waals surface area contributed by atoms with Gasteiger partial charge in [-0.15, -0.1) is 0 Å². The Balaban J connectivity index is 3.25. The van der Waals surface area contributed by atoms with Crippen LogP contribution < -0.4 is 4.72 Å². The van der Waals surface area contributed by atoms with Gasteiger partial charge < -0.3 is 5.11 Å². The molecule has 0 spiro atoms. The molecule has 0 aliphatic rings. The second-order valence-electron chi connectivity index (χ2n) is 5.74. The summed E-state index contributed by atoms with van der Waals surface area (Å²) in [6.07, 6.45) is 0. The van der Waals surface area contributed by atoms with Crippen LogP contribution in [-0.4, -0.2) is 25.0 Å². The number of benzene rings is 1. The molecule has 0 heterocycles. The molecule has 2 N–H and O–H groups in total. The Hall–Kier alpha value is -0.990. The average Bonchev–Trinajstić information content (AvgIpc) is 2.25. The van der Waals surface area contributed by atoms with E-state index in [0.29, 0.717) is 0 Å². The number of halogens is 2. The van der Waals surface area contributed by atoms with Crippen molar-refractivity contribution in [3.8, 4) is 0 Å². The van der Waals surface area contributed by atoms with Crippen molar-refractivity contribution >= 4 is 31.9 Å². The average molecular weight is 382 g/mol. The first kappa shape index (κ1) is 18.1. The molecule has 0 saturated heterocycles. The minimum absolute atomic E-state index is 0.0685. The number of sulfonamides is 1. The minimum Gasteiger partial charge on any atom is -0.481 e. The molecule has 0 fully saturated rings. The van der Waals surface area contributed by atoms with Crippen molar-refractivity contribution in [2.75, 3.05) is 0 Å². The molecule has 0 aliphatic carbocycles. The first-order valence-corrected chi connectivity index (χ1v) is 8.31. The summed E-state index contributed by atoms with van der Waals surface area (Å²) >= 11 is 2.99. The van der Waals surface area contributed by atoms with Gasteiger partial charge in [-0.1, -0.05) is 0 Å². The normalized spacial score (nSPS) is 13.2. The van der Waals surface area contributed by atoms with Gasteiger partial charge in [0.2, 0.25) is 10.0 Å². The molecule has 21 heavy (non-hydrogen) atoms. The number of nitrogens with one attached hydrogen (secondary N) is 1. The fraction of sp³-hybridized carbons (Fsp3) is 0.462. The van der Waals surface area contributed by atoms with Crippen molar-refractivity contribution in [2.24, 2.45) is 5.41 Å². The van der Waals surface area contributed by atoms with E-state index in [1.54, 1.807) is 0 Å². The zero-order valence-corrected chi connectivity index (χ0v) is 14.5. The van der Waals surface area contributed by atoms with Crippen LogP contribution in [0.15, 0.2) is 27.6 Å². The zero-order valence-electron chi connectivity index (χ0n) is 12.1. The van der Waals surface area contributed by atoms with Crippen LogP contribution in [-0.2, 0) is 14.8 Å². The first-order valence-electron chi connectivity index (χ1n) is 6.04. The second-order valence-corrected chi connectivity index (χ2v) is 8.24. The number of hydrogen-bond donors (Lipinski definition) is 2. The summed E-state index contributed by atoms with van der Waals surface area (Å²) in [6.45, 7) is 5.82. The van der Waals surface area contributed by atoms with E-state index in [-0.39, 0.29) is 9.37 Å². The molecule has 0 bridgehead atoms. The van der Waals surface area contributed by atoms with Gasteiger partial charge in [0.1, 0.15) is 5.82 Å². The Labute approximate surface area is 131 Å². The van der Waals surface area contributed by atoms with Crippen LogP contribution in [0.25, 0.3) is 0 Å². The molecule has 0 aromatic heterocycles. The van der Waals surface area contributed by atoms with Crippen LogP contribution in [0, 0.1) is 11.2 Å². The van der Waals surface area contributed by atoms with E-state index in [2.05, 4.69) is 20.7 Å². The standard InChI is InChI=1S/C13H17BrFNO4S/c1-12(2,11(17)18)13(3,4)16-21(19,20)10-6-5-8(15)7-9(10)14/h5-7,16H,1-4H3,(H,17,18). The number of aliphatic carboxylic acids is 1. The van der Waals surface area contributed by atoms with Crippen molar-refractivity contribution in [2.45, 2.75) is 38.1 Å². The van der Waals surface area contributed by atoms with Crippen LogP contribution in [0.3, 0.4) is 0 Å². The van der Waals surface area contributed by atoms with E-state index in [1.165, 1.54) is 27.7 Å². The highest BCUT2D eigenvalue weighted by atomic mass is 79.9. The van der Waals surface area contributed by atoms with Crippen LogP contribution in [0.5, 0.6) is 0 Å². The van der Waals surface area contributed by atoms with Crippen molar-refractivity contribution in [3.05, 3.63) is 28.5 Å². The van der Waals surface area contributed by atoms with Crippen molar-refractivity contribution in [1.82, 2.24) is 4.72 Å². The topological polar surface area (TPSA) is 83.5 Å². The van der Waals surface area contributed by atoms with Gasteiger partial charge >= 0.3 is 5.97 Å². The van der Waals surface area contributed by atoms with Gasteiger partial charge in [0, 0.05) is 10.0 Å². The second kappa shape index (κ2) is 5.66. The van der Waals surface area contributed by atoms with E-state index >= 15 is 0 Å². The largest absolute Gasteiger partial charge is 0.481 e. The van der Waals surface area contributed by atoms with Crippen LogP contribution in [0.4, 0.5) is 4.39 Å².